The molecule has 0 amide bonds. The summed E-state index contributed by atoms with van der Waals surface area (Å²) in [6.07, 6.45) is 8.56. The highest BCUT2D eigenvalue weighted by molar-refractivity contribution is 5.79. The van der Waals surface area contributed by atoms with Gasteiger partial charge in [0.05, 0.1) is 12.7 Å². The Labute approximate surface area is 146 Å². The molecule has 1 aliphatic rings. The monoisotopic (exact) mass is 334 g/mol. The van der Waals surface area contributed by atoms with Crippen molar-refractivity contribution in [3.8, 4) is 0 Å². The largest absolute Gasteiger partial charge is 0.443 e. The van der Waals surface area contributed by atoms with Gasteiger partial charge in [-0.2, -0.15) is 0 Å². The molecule has 2 N–H and O–H groups in total. The van der Waals surface area contributed by atoms with Crippen LogP contribution in [0.4, 0.5) is 0 Å². The average Bonchev–Trinajstić information content (AvgIpc) is 3.05. The average molecular weight is 335 g/mol. The first-order chi connectivity index (χ1) is 11.4. The third-order valence-corrected chi connectivity index (χ3v) is 5.03. The molecule has 1 aliphatic carbocycles. The molecule has 0 spiro atoms. The van der Waals surface area contributed by atoms with Gasteiger partial charge in [0.25, 0.3) is 0 Å². The SMILES string of the molecule is CCC1CCC(CNC(=NC)NCc2ncc(C(C)(C)C)o2)CC1. The lowest BCUT2D eigenvalue weighted by molar-refractivity contribution is 0.269. The van der Waals surface area contributed by atoms with Crippen LogP contribution in [0.25, 0.3) is 0 Å². The molecule has 5 heteroatoms. The van der Waals surface area contributed by atoms with E-state index >= 15 is 0 Å². The molecule has 1 aromatic heterocycles. The van der Waals surface area contributed by atoms with Crippen LogP contribution in [0, 0.1) is 11.8 Å². The van der Waals surface area contributed by atoms with Crippen LogP contribution in [0.15, 0.2) is 15.6 Å². The quantitative estimate of drug-likeness (QED) is 0.634. The first kappa shape index (κ1) is 18.8. The second kappa shape index (κ2) is 8.54. The molecule has 136 valence electrons. The summed E-state index contributed by atoms with van der Waals surface area (Å²) in [5.41, 5.74) is -0.0114. The maximum Gasteiger partial charge on any atom is 0.213 e. The van der Waals surface area contributed by atoms with Crippen molar-refractivity contribution >= 4 is 5.96 Å². The van der Waals surface area contributed by atoms with Crippen molar-refractivity contribution in [3.05, 3.63) is 17.8 Å². The molecule has 1 heterocycles. The third-order valence-electron chi connectivity index (χ3n) is 5.03. The Morgan fingerprint density at radius 3 is 2.42 bits per heavy atom. The van der Waals surface area contributed by atoms with E-state index in [1.54, 1.807) is 7.05 Å². The fourth-order valence-corrected chi connectivity index (χ4v) is 3.20. The fourth-order valence-electron chi connectivity index (χ4n) is 3.20. The molecule has 0 saturated heterocycles. The van der Waals surface area contributed by atoms with E-state index < -0.39 is 0 Å². The summed E-state index contributed by atoms with van der Waals surface area (Å²) >= 11 is 0. The minimum atomic E-state index is -0.0114. The molecule has 0 aromatic carbocycles. The van der Waals surface area contributed by atoms with Crippen molar-refractivity contribution in [3.63, 3.8) is 0 Å². The topological polar surface area (TPSA) is 62.5 Å². The zero-order valence-corrected chi connectivity index (χ0v) is 16.0. The summed E-state index contributed by atoms with van der Waals surface area (Å²) in [6, 6.07) is 0. The standard InChI is InChI=1S/C19H34N4O/c1-6-14-7-9-15(10-8-14)11-22-18(20-5)23-13-17-21-12-16(24-17)19(2,3)4/h12,14-15H,6-11,13H2,1-5H3,(H2,20,22,23). The van der Waals surface area contributed by atoms with E-state index in [-0.39, 0.29) is 5.41 Å². The minimum Gasteiger partial charge on any atom is -0.443 e. The minimum absolute atomic E-state index is 0.0114. The van der Waals surface area contributed by atoms with Crippen LogP contribution in [0.3, 0.4) is 0 Å². The Morgan fingerprint density at radius 2 is 1.88 bits per heavy atom. The molecule has 1 aromatic rings. The molecule has 0 atom stereocenters. The van der Waals surface area contributed by atoms with Crippen LogP contribution in [0.5, 0.6) is 0 Å². The van der Waals surface area contributed by atoms with Crippen LogP contribution in [0.2, 0.25) is 0 Å². The Kier molecular flexibility index (Phi) is 6.69. The molecule has 0 radical (unpaired) electrons. The molecule has 5 nitrogen and oxygen atoms in total. The van der Waals surface area contributed by atoms with E-state index in [0.717, 1.165) is 30.1 Å². The summed E-state index contributed by atoms with van der Waals surface area (Å²) in [5, 5.41) is 6.74. The second-order valence-electron chi connectivity index (χ2n) is 7.97. The molecule has 24 heavy (non-hydrogen) atoms. The van der Waals surface area contributed by atoms with Crippen LogP contribution in [-0.4, -0.2) is 24.5 Å². The zero-order chi connectivity index (χ0) is 17.6. The smallest absolute Gasteiger partial charge is 0.213 e. The third kappa shape index (κ3) is 5.53. The highest BCUT2D eigenvalue weighted by Crippen LogP contribution is 2.30. The van der Waals surface area contributed by atoms with Crippen LogP contribution in [-0.2, 0) is 12.0 Å². The number of nitrogens with one attached hydrogen (secondary N) is 2. The lowest BCUT2D eigenvalue weighted by Crippen LogP contribution is -2.40. The number of aliphatic imine (C=N–C) groups is 1. The van der Waals surface area contributed by atoms with E-state index in [9.17, 15) is 0 Å². The van der Waals surface area contributed by atoms with Gasteiger partial charge in [0.1, 0.15) is 5.76 Å². The van der Waals surface area contributed by atoms with E-state index in [4.69, 9.17) is 4.42 Å². The summed E-state index contributed by atoms with van der Waals surface area (Å²) in [6.45, 7) is 10.2. The van der Waals surface area contributed by atoms with E-state index in [1.807, 2.05) is 6.20 Å². The number of rotatable bonds is 5. The first-order valence-electron chi connectivity index (χ1n) is 9.32. The molecule has 2 rings (SSSR count). The molecule has 1 saturated carbocycles. The molecular weight excluding hydrogens is 300 g/mol. The molecule has 1 fully saturated rings. The van der Waals surface area contributed by atoms with E-state index in [1.165, 1.54) is 32.1 Å². The van der Waals surface area contributed by atoms with Crippen molar-refractivity contribution < 1.29 is 4.42 Å². The highest BCUT2D eigenvalue weighted by atomic mass is 16.4. The van der Waals surface area contributed by atoms with Crippen molar-refractivity contribution in [2.75, 3.05) is 13.6 Å². The lowest BCUT2D eigenvalue weighted by Gasteiger charge is -2.28. The molecule has 0 aliphatic heterocycles. The van der Waals surface area contributed by atoms with Gasteiger partial charge >= 0.3 is 0 Å². The Morgan fingerprint density at radius 1 is 1.21 bits per heavy atom. The zero-order valence-electron chi connectivity index (χ0n) is 16.0. The normalized spacial score (nSPS) is 22.5. The van der Waals surface area contributed by atoms with Crippen LogP contribution >= 0.6 is 0 Å². The van der Waals surface area contributed by atoms with Gasteiger partial charge in [-0.3, -0.25) is 4.99 Å². The number of hydrogen-bond acceptors (Lipinski definition) is 3. The van der Waals surface area contributed by atoms with Crippen molar-refractivity contribution in [1.29, 1.82) is 0 Å². The predicted molar refractivity (Wildman–Crippen MR) is 99.1 cm³/mol. The second-order valence-corrected chi connectivity index (χ2v) is 7.97. The van der Waals surface area contributed by atoms with Gasteiger partial charge in [-0.05, 0) is 24.7 Å². The van der Waals surface area contributed by atoms with Gasteiger partial charge in [-0.15, -0.1) is 0 Å². The van der Waals surface area contributed by atoms with E-state index in [0.29, 0.717) is 12.4 Å². The Bertz CT molecular complexity index is 522. The van der Waals surface area contributed by atoms with Crippen LogP contribution in [0.1, 0.15) is 71.5 Å². The summed E-state index contributed by atoms with van der Waals surface area (Å²) in [5.74, 6) is 4.14. The Hall–Kier alpha value is -1.52. The van der Waals surface area contributed by atoms with Gasteiger partial charge in [-0.1, -0.05) is 47.0 Å². The van der Waals surface area contributed by atoms with E-state index in [2.05, 4.69) is 48.3 Å². The van der Waals surface area contributed by atoms with Gasteiger partial charge in [-0.25, -0.2) is 4.98 Å². The van der Waals surface area contributed by atoms with Crippen molar-refractivity contribution in [1.82, 2.24) is 15.6 Å². The van der Waals surface area contributed by atoms with Gasteiger partial charge in [0.2, 0.25) is 5.89 Å². The summed E-state index contributed by atoms with van der Waals surface area (Å²) in [4.78, 5) is 8.64. The highest BCUT2D eigenvalue weighted by Gasteiger charge is 2.21. The maximum absolute atomic E-state index is 5.81. The summed E-state index contributed by atoms with van der Waals surface area (Å²) in [7, 11) is 1.81. The van der Waals surface area contributed by atoms with Crippen molar-refractivity contribution in [2.24, 2.45) is 16.8 Å². The fraction of sp³-hybridized carbons (Fsp3) is 0.789. The lowest BCUT2D eigenvalue weighted by atomic mass is 9.81. The van der Waals surface area contributed by atoms with Gasteiger partial charge < -0.3 is 15.1 Å². The number of aromatic nitrogens is 1. The van der Waals surface area contributed by atoms with Gasteiger partial charge in [0, 0.05) is 19.0 Å². The number of nitrogens with zero attached hydrogens (tertiary/aromatic N) is 2. The first-order valence-corrected chi connectivity index (χ1v) is 9.32. The maximum atomic E-state index is 5.81. The predicted octanol–water partition coefficient (Wildman–Crippen LogP) is 3.85. The Balaban J connectivity index is 1.74. The number of guanidine groups is 1. The number of hydrogen-bond donors (Lipinski definition) is 2. The number of oxazole rings is 1. The van der Waals surface area contributed by atoms with Crippen molar-refractivity contribution in [2.45, 2.75) is 71.8 Å². The molecule has 0 unspecified atom stereocenters. The van der Waals surface area contributed by atoms with Gasteiger partial charge in [0.15, 0.2) is 5.96 Å². The summed E-state index contributed by atoms with van der Waals surface area (Å²) < 4.78 is 5.81. The molecular formula is C19H34N4O. The van der Waals surface area contributed by atoms with Crippen LogP contribution < -0.4 is 10.6 Å². The molecule has 0 bridgehead atoms.